The van der Waals surface area contributed by atoms with Crippen LogP contribution < -0.4 is 10.1 Å². The molecule has 0 aliphatic carbocycles. The molecule has 0 spiro atoms. The second-order valence-corrected chi connectivity index (χ2v) is 6.75. The second kappa shape index (κ2) is 8.21. The number of hydrogen-bond acceptors (Lipinski definition) is 5. The number of para-hydroxylation sites is 1. The number of nitrogens with one attached hydrogen (secondary N) is 1. The highest BCUT2D eigenvalue weighted by atomic mass is 32.2. The Morgan fingerprint density at radius 3 is 3.12 bits per heavy atom. The van der Waals surface area contributed by atoms with Crippen LogP contribution in [0.25, 0.3) is 0 Å². The van der Waals surface area contributed by atoms with Gasteiger partial charge in [0.25, 0.3) is 0 Å². The number of imidazole rings is 1. The third-order valence-electron chi connectivity index (χ3n) is 3.83. The quantitative estimate of drug-likeness (QED) is 0.635. The lowest BCUT2D eigenvalue weighted by Gasteiger charge is -2.18. The molecule has 7 heteroatoms. The molecule has 1 aromatic carbocycles. The van der Waals surface area contributed by atoms with Gasteiger partial charge in [-0.25, -0.2) is 4.98 Å². The fourth-order valence-corrected chi connectivity index (χ4v) is 3.38. The molecule has 0 radical (unpaired) electrons. The van der Waals surface area contributed by atoms with Gasteiger partial charge in [-0.2, -0.15) is 0 Å². The van der Waals surface area contributed by atoms with Crippen molar-refractivity contribution in [3.05, 3.63) is 42.2 Å². The topological polar surface area (TPSA) is 59.4 Å². The Balaban J connectivity index is 1.41. The molecule has 2 heterocycles. The van der Waals surface area contributed by atoms with Crippen LogP contribution in [0.2, 0.25) is 0 Å². The molecule has 0 bridgehead atoms. The number of amides is 1. The zero-order valence-corrected chi connectivity index (χ0v) is 14.6. The number of carbonyl (C=O) groups is 1. The van der Waals surface area contributed by atoms with Crippen molar-refractivity contribution >= 4 is 17.7 Å². The second-order valence-electron chi connectivity index (χ2n) is 5.69. The summed E-state index contributed by atoms with van der Waals surface area (Å²) in [5.41, 5.74) is 1.13. The van der Waals surface area contributed by atoms with E-state index in [1.54, 1.807) is 18.0 Å². The van der Waals surface area contributed by atoms with Crippen LogP contribution in [0.4, 0.5) is 0 Å². The summed E-state index contributed by atoms with van der Waals surface area (Å²) in [7, 11) is 1.97. The summed E-state index contributed by atoms with van der Waals surface area (Å²) in [6, 6.07) is 8.00. The highest BCUT2D eigenvalue weighted by molar-refractivity contribution is 7.99. The molecule has 6 nitrogen and oxygen atoms in total. The van der Waals surface area contributed by atoms with Gasteiger partial charge in [0.2, 0.25) is 5.91 Å². The van der Waals surface area contributed by atoms with Gasteiger partial charge in [-0.05, 0) is 6.07 Å². The predicted octanol–water partition coefficient (Wildman–Crippen LogP) is 1.52. The molecule has 0 fully saturated rings. The number of aryl methyl sites for hydroxylation is 1. The molecule has 0 atom stereocenters. The standard InChI is InChI=1S/C17H22N4O2S/c1-20-8-6-19-17(20)24-11-7-18-16(22)13-21-9-10-23-15-5-3-2-4-14(15)12-21/h2-6,8H,7,9-13H2,1H3,(H,18,22). The number of carbonyl (C=O) groups excluding carboxylic acids is 1. The normalized spacial score (nSPS) is 14.5. The Morgan fingerprint density at radius 1 is 1.42 bits per heavy atom. The maximum atomic E-state index is 12.1. The molecule has 2 aromatic rings. The number of benzene rings is 1. The van der Waals surface area contributed by atoms with Gasteiger partial charge in [0.15, 0.2) is 5.16 Å². The van der Waals surface area contributed by atoms with Crippen LogP contribution in [-0.2, 0) is 18.4 Å². The van der Waals surface area contributed by atoms with Crippen LogP contribution >= 0.6 is 11.8 Å². The van der Waals surface area contributed by atoms with Crippen molar-refractivity contribution < 1.29 is 9.53 Å². The maximum Gasteiger partial charge on any atom is 0.234 e. The van der Waals surface area contributed by atoms with Gasteiger partial charge in [-0.15, -0.1) is 0 Å². The van der Waals surface area contributed by atoms with Crippen LogP contribution in [0.15, 0.2) is 41.8 Å². The number of ether oxygens (including phenoxy) is 1. The lowest BCUT2D eigenvalue weighted by Crippen LogP contribution is -2.38. The molecule has 1 amide bonds. The molecule has 128 valence electrons. The minimum atomic E-state index is 0.0508. The predicted molar refractivity (Wildman–Crippen MR) is 94.2 cm³/mol. The summed E-state index contributed by atoms with van der Waals surface area (Å²) in [6.45, 7) is 3.14. The molecule has 0 unspecified atom stereocenters. The Morgan fingerprint density at radius 2 is 2.29 bits per heavy atom. The summed E-state index contributed by atoms with van der Waals surface area (Å²) < 4.78 is 7.70. The first kappa shape index (κ1) is 16.9. The van der Waals surface area contributed by atoms with E-state index in [9.17, 15) is 4.79 Å². The highest BCUT2D eigenvalue weighted by Crippen LogP contribution is 2.22. The summed E-state index contributed by atoms with van der Waals surface area (Å²) in [5.74, 6) is 1.78. The fraction of sp³-hybridized carbons (Fsp3) is 0.412. The third kappa shape index (κ3) is 4.52. The summed E-state index contributed by atoms with van der Waals surface area (Å²) >= 11 is 1.64. The molecule has 1 aliphatic rings. The first-order valence-electron chi connectivity index (χ1n) is 8.02. The van der Waals surface area contributed by atoms with E-state index in [0.29, 0.717) is 19.7 Å². The third-order valence-corrected chi connectivity index (χ3v) is 4.89. The van der Waals surface area contributed by atoms with Gasteiger partial charge in [0.1, 0.15) is 12.4 Å². The van der Waals surface area contributed by atoms with Crippen molar-refractivity contribution in [2.24, 2.45) is 7.05 Å². The lowest BCUT2D eigenvalue weighted by molar-refractivity contribution is -0.122. The summed E-state index contributed by atoms with van der Waals surface area (Å²) in [4.78, 5) is 18.5. The van der Waals surface area contributed by atoms with Crippen molar-refractivity contribution in [3.8, 4) is 5.75 Å². The van der Waals surface area contributed by atoms with E-state index in [4.69, 9.17) is 4.74 Å². The Labute approximate surface area is 146 Å². The van der Waals surface area contributed by atoms with Crippen LogP contribution in [0.1, 0.15) is 5.56 Å². The molecule has 0 saturated heterocycles. The summed E-state index contributed by atoms with van der Waals surface area (Å²) in [5, 5.41) is 3.94. The van der Waals surface area contributed by atoms with Gasteiger partial charge < -0.3 is 14.6 Å². The van der Waals surface area contributed by atoms with E-state index in [-0.39, 0.29) is 5.91 Å². The zero-order valence-electron chi connectivity index (χ0n) is 13.8. The molecule has 3 rings (SSSR count). The molecule has 24 heavy (non-hydrogen) atoms. The van der Waals surface area contributed by atoms with E-state index < -0.39 is 0 Å². The highest BCUT2D eigenvalue weighted by Gasteiger charge is 2.17. The molecular weight excluding hydrogens is 324 g/mol. The minimum absolute atomic E-state index is 0.0508. The first-order chi connectivity index (χ1) is 11.7. The Kier molecular flexibility index (Phi) is 5.77. The van der Waals surface area contributed by atoms with Crippen molar-refractivity contribution in [3.63, 3.8) is 0 Å². The smallest absolute Gasteiger partial charge is 0.234 e. The summed E-state index contributed by atoms with van der Waals surface area (Å²) in [6.07, 6.45) is 3.69. The molecule has 1 aromatic heterocycles. The Bertz CT molecular complexity index is 689. The number of nitrogens with zero attached hydrogens (tertiary/aromatic N) is 3. The van der Waals surface area contributed by atoms with Gasteiger partial charge in [-0.1, -0.05) is 30.0 Å². The SMILES string of the molecule is Cn1ccnc1SCCNC(=O)CN1CCOc2ccccc2C1. The zero-order chi connectivity index (χ0) is 16.8. The molecule has 1 N–H and O–H groups in total. The van der Waals surface area contributed by atoms with E-state index in [1.807, 2.05) is 36.0 Å². The number of hydrogen-bond donors (Lipinski definition) is 1. The average molecular weight is 346 g/mol. The number of aromatic nitrogens is 2. The minimum Gasteiger partial charge on any atom is -0.492 e. The van der Waals surface area contributed by atoms with Crippen LogP contribution in [-0.4, -0.2) is 52.4 Å². The largest absolute Gasteiger partial charge is 0.492 e. The van der Waals surface area contributed by atoms with E-state index >= 15 is 0 Å². The molecular formula is C17H22N4O2S. The lowest BCUT2D eigenvalue weighted by atomic mass is 10.2. The van der Waals surface area contributed by atoms with E-state index in [1.165, 1.54) is 0 Å². The van der Waals surface area contributed by atoms with Gasteiger partial charge in [0, 0.05) is 50.4 Å². The van der Waals surface area contributed by atoms with Crippen molar-refractivity contribution in [1.82, 2.24) is 19.8 Å². The molecule has 0 saturated carbocycles. The Hall–Kier alpha value is -1.99. The first-order valence-corrected chi connectivity index (χ1v) is 9.01. The number of rotatable bonds is 6. The van der Waals surface area contributed by atoms with Crippen LogP contribution in [0.3, 0.4) is 0 Å². The van der Waals surface area contributed by atoms with Crippen molar-refractivity contribution in [2.45, 2.75) is 11.7 Å². The molecule has 1 aliphatic heterocycles. The van der Waals surface area contributed by atoms with E-state index in [2.05, 4.69) is 21.3 Å². The van der Waals surface area contributed by atoms with Crippen molar-refractivity contribution in [2.75, 3.05) is 32.0 Å². The number of fused-ring (bicyclic) bond motifs is 1. The fourth-order valence-electron chi connectivity index (χ4n) is 2.60. The van der Waals surface area contributed by atoms with Gasteiger partial charge >= 0.3 is 0 Å². The van der Waals surface area contributed by atoms with Gasteiger partial charge in [0.05, 0.1) is 6.54 Å². The number of thioether (sulfide) groups is 1. The monoisotopic (exact) mass is 346 g/mol. The maximum absolute atomic E-state index is 12.1. The van der Waals surface area contributed by atoms with Crippen molar-refractivity contribution in [1.29, 1.82) is 0 Å². The van der Waals surface area contributed by atoms with Crippen LogP contribution in [0, 0.1) is 0 Å². The van der Waals surface area contributed by atoms with Crippen LogP contribution in [0.5, 0.6) is 5.75 Å². The van der Waals surface area contributed by atoms with Gasteiger partial charge in [-0.3, -0.25) is 9.69 Å². The van der Waals surface area contributed by atoms with E-state index in [0.717, 1.165) is 35.3 Å². The average Bonchev–Trinajstić information content (AvgIpc) is 2.87.